The van der Waals surface area contributed by atoms with Crippen molar-refractivity contribution in [2.75, 3.05) is 31.1 Å². The fourth-order valence-electron chi connectivity index (χ4n) is 4.40. The van der Waals surface area contributed by atoms with Gasteiger partial charge < -0.3 is 15.0 Å². The van der Waals surface area contributed by atoms with E-state index in [2.05, 4.69) is 22.3 Å². The fraction of sp³-hybridized carbons (Fsp3) is 0.320. The lowest BCUT2D eigenvalue weighted by molar-refractivity contribution is 0.126. The van der Waals surface area contributed by atoms with E-state index in [9.17, 15) is 4.79 Å². The van der Waals surface area contributed by atoms with Gasteiger partial charge in [-0.2, -0.15) is 0 Å². The quantitative estimate of drug-likeness (QED) is 0.710. The van der Waals surface area contributed by atoms with Gasteiger partial charge in [-0.3, -0.25) is 9.36 Å². The van der Waals surface area contributed by atoms with Crippen LogP contribution in [0.2, 0.25) is 0 Å². The van der Waals surface area contributed by atoms with Gasteiger partial charge in [0, 0.05) is 49.8 Å². The number of benzene rings is 2. The molecule has 3 heterocycles. The Morgan fingerprint density at radius 2 is 1.60 bits per heavy atom. The zero-order valence-corrected chi connectivity index (χ0v) is 17.1. The first-order chi connectivity index (χ1) is 14.7. The number of aromatic nitrogens is 1. The van der Waals surface area contributed by atoms with Crippen LogP contribution >= 0.6 is 0 Å². The predicted molar refractivity (Wildman–Crippen MR) is 120 cm³/mol. The second-order valence-corrected chi connectivity index (χ2v) is 8.45. The van der Waals surface area contributed by atoms with E-state index >= 15 is 0 Å². The number of piperidine rings is 1. The molecule has 0 unspecified atom stereocenters. The van der Waals surface area contributed by atoms with Gasteiger partial charge in [-0.25, -0.2) is 0 Å². The topological polar surface area (TPSA) is 46.5 Å². The number of nitrogens with zero attached hydrogens (tertiary/aromatic N) is 2. The molecule has 0 saturated carbocycles. The van der Waals surface area contributed by atoms with Crippen molar-refractivity contribution >= 4 is 5.69 Å². The number of pyridine rings is 1. The van der Waals surface area contributed by atoms with Crippen LogP contribution in [0.4, 0.5) is 5.69 Å². The maximum Gasteiger partial charge on any atom is 0.258 e. The number of ether oxygens (including phenoxy) is 1. The van der Waals surface area contributed by atoms with Gasteiger partial charge in [-0.05, 0) is 54.2 Å². The van der Waals surface area contributed by atoms with Gasteiger partial charge in [0.05, 0.1) is 0 Å². The average molecular weight is 402 g/mol. The second kappa shape index (κ2) is 8.00. The van der Waals surface area contributed by atoms with Crippen molar-refractivity contribution in [3.63, 3.8) is 0 Å². The van der Waals surface area contributed by atoms with Crippen molar-refractivity contribution in [3.8, 4) is 11.4 Å². The van der Waals surface area contributed by atoms with Gasteiger partial charge in [-0.15, -0.1) is 0 Å². The Balaban J connectivity index is 1.24. The van der Waals surface area contributed by atoms with E-state index < -0.39 is 0 Å². The Kier molecular flexibility index (Phi) is 5.05. The number of anilines is 1. The summed E-state index contributed by atoms with van der Waals surface area (Å²) < 4.78 is 7.43. The highest BCUT2D eigenvalue weighted by atomic mass is 16.5. The lowest BCUT2D eigenvalue weighted by Gasteiger charge is -2.49. The molecule has 2 aliphatic rings. The Hall–Kier alpha value is -3.05. The summed E-state index contributed by atoms with van der Waals surface area (Å²) in [5, 5.41) is 3.42. The minimum Gasteiger partial charge on any atom is -0.489 e. The molecule has 30 heavy (non-hydrogen) atoms. The minimum absolute atomic E-state index is 0.0919. The molecule has 0 atom stereocenters. The van der Waals surface area contributed by atoms with Gasteiger partial charge in [0.1, 0.15) is 12.4 Å². The Bertz CT molecular complexity index is 1050. The van der Waals surface area contributed by atoms with E-state index in [0.29, 0.717) is 17.8 Å². The third-order valence-electron chi connectivity index (χ3n) is 6.46. The summed E-state index contributed by atoms with van der Waals surface area (Å²) in [6, 6.07) is 21.6. The molecule has 1 spiro atoms. The molecule has 0 aliphatic carbocycles. The highest BCUT2D eigenvalue weighted by molar-refractivity contribution is 5.51. The molecule has 5 rings (SSSR count). The largest absolute Gasteiger partial charge is 0.489 e. The van der Waals surface area contributed by atoms with Crippen molar-refractivity contribution in [3.05, 3.63) is 88.8 Å². The predicted octanol–water partition coefficient (Wildman–Crippen LogP) is 3.61. The van der Waals surface area contributed by atoms with E-state index in [0.717, 1.165) is 24.3 Å². The number of hydrogen-bond donors (Lipinski definition) is 1. The number of rotatable bonds is 5. The summed E-state index contributed by atoms with van der Waals surface area (Å²) in [6.07, 6.45) is 4.29. The van der Waals surface area contributed by atoms with E-state index in [-0.39, 0.29) is 5.56 Å². The van der Waals surface area contributed by atoms with Crippen molar-refractivity contribution < 1.29 is 4.74 Å². The van der Waals surface area contributed by atoms with Crippen molar-refractivity contribution in [1.82, 2.24) is 9.88 Å². The summed E-state index contributed by atoms with van der Waals surface area (Å²) in [5.74, 6) is 0.587. The maximum atomic E-state index is 12.6. The van der Waals surface area contributed by atoms with Gasteiger partial charge in [0.15, 0.2) is 0 Å². The zero-order valence-electron chi connectivity index (χ0n) is 17.1. The van der Waals surface area contributed by atoms with Gasteiger partial charge in [0.2, 0.25) is 0 Å². The molecule has 3 aromatic rings. The van der Waals surface area contributed by atoms with Crippen molar-refractivity contribution in [2.24, 2.45) is 5.41 Å². The first-order valence-corrected chi connectivity index (χ1v) is 10.7. The molecule has 2 saturated heterocycles. The Labute approximate surface area is 176 Å². The van der Waals surface area contributed by atoms with E-state index in [4.69, 9.17) is 4.74 Å². The van der Waals surface area contributed by atoms with E-state index in [1.165, 1.54) is 31.6 Å². The maximum absolute atomic E-state index is 12.6. The minimum atomic E-state index is -0.0919. The molecule has 1 aromatic heterocycles. The molecular weight excluding hydrogens is 374 g/mol. The van der Waals surface area contributed by atoms with Crippen LogP contribution in [0.25, 0.3) is 5.69 Å². The SMILES string of the molecule is O=c1cc(OCc2ccccc2)ccn1-c1ccc(N2CCC3(CC2)CNC3)cc1. The van der Waals surface area contributed by atoms with Gasteiger partial charge in [0.25, 0.3) is 5.56 Å². The molecule has 0 bridgehead atoms. The third-order valence-corrected chi connectivity index (χ3v) is 6.46. The molecule has 0 radical (unpaired) electrons. The summed E-state index contributed by atoms with van der Waals surface area (Å²) in [6.45, 7) is 5.01. The first-order valence-electron chi connectivity index (χ1n) is 10.7. The summed E-state index contributed by atoms with van der Waals surface area (Å²) in [5.41, 5.74) is 3.64. The summed E-state index contributed by atoms with van der Waals surface area (Å²) in [7, 11) is 0. The van der Waals surface area contributed by atoms with Crippen LogP contribution in [-0.2, 0) is 6.61 Å². The lowest BCUT2D eigenvalue weighted by Crippen LogP contribution is -2.58. The van der Waals surface area contributed by atoms with Gasteiger partial charge in [-0.1, -0.05) is 30.3 Å². The Morgan fingerprint density at radius 1 is 0.900 bits per heavy atom. The van der Waals surface area contributed by atoms with Gasteiger partial charge >= 0.3 is 0 Å². The van der Waals surface area contributed by atoms with Crippen LogP contribution in [0.1, 0.15) is 18.4 Å². The number of hydrogen-bond acceptors (Lipinski definition) is 4. The molecule has 1 N–H and O–H groups in total. The van der Waals surface area contributed by atoms with E-state index in [1.54, 1.807) is 16.8 Å². The molecule has 5 nitrogen and oxygen atoms in total. The van der Waals surface area contributed by atoms with Crippen LogP contribution < -0.4 is 20.5 Å². The second-order valence-electron chi connectivity index (χ2n) is 8.45. The summed E-state index contributed by atoms with van der Waals surface area (Å²) in [4.78, 5) is 15.1. The van der Waals surface area contributed by atoms with Crippen LogP contribution in [0.15, 0.2) is 77.7 Å². The smallest absolute Gasteiger partial charge is 0.258 e. The highest BCUT2D eigenvalue weighted by Crippen LogP contribution is 2.36. The van der Waals surface area contributed by atoms with E-state index in [1.807, 2.05) is 48.5 Å². The normalized spacial score (nSPS) is 17.5. The molecule has 2 aromatic carbocycles. The standard InChI is InChI=1S/C25H27N3O2/c29-24-16-23(30-17-20-4-2-1-3-5-20)10-13-28(24)22-8-6-21(7-9-22)27-14-11-25(12-15-27)18-26-19-25/h1-10,13,16,26H,11-12,14-15,17-19H2. The number of nitrogens with one attached hydrogen (secondary N) is 1. The van der Waals surface area contributed by atoms with Crippen molar-refractivity contribution in [2.45, 2.75) is 19.4 Å². The lowest BCUT2D eigenvalue weighted by atomic mass is 9.73. The molecule has 2 fully saturated rings. The monoisotopic (exact) mass is 401 g/mol. The highest BCUT2D eigenvalue weighted by Gasteiger charge is 2.39. The van der Waals surface area contributed by atoms with Crippen LogP contribution in [0.3, 0.4) is 0 Å². The summed E-state index contributed by atoms with van der Waals surface area (Å²) >= 11 is 0. The molecule has 2 aliphatic heterocycles. The average Bonchev–Trinajstić information content (AvgIpc) is 2.78. The fourth-order valence-corrected chi connectivity index (χ4v) is 4.40. The van der Waals surface area contributed by atoms with Crippen LogP contribution in [0.5, 0.6) is 5.75 Å². The van der Waals surface area contributed by atoms with Crippen LogP contribution in [-0.4, -0.2) is 30.7 Å². The Morgan fingerprint density at radius 3 is 2.23 bits per heavy atom. The zero-order chi connectivity index (χ0) is 20.4. The molecular formula is C25H27N3O2. The molecule has 5 heteroatoms. The molecule has 154 valence electrons. The first kappa shape index (κ1) is 18.9. The molecule has 0 amide bonds. The third kappa shape index (κ3) is 3.85. The van der Waals surface area contributed by atoms with Crippen molar-refractivity contribution in [1.29, 1.82) is 0 Å². The van der Waals surface area contributed by atoms with Crippen LogP contribution in [0, 0.1) is 5.41 Å².